The lowest BCUT2D eigenvalue weighted by molar-refractivity contribution is 0.0459. The lowest BCUT2D eigenvalue weighted by Crippen LogP contribution is -2.38. The van der Waals surface area contributed by atoms with Crippen molar-refractivity contribution in [1.82, 2.24) is 0 Å². The molecular weight excluding hydrogens is 245 g/mol. The average Bonchev–Trinajstić information content (AvgIpc) is 2.40. The van der Waals surface area contributed by atoms with Crippen LogP contribution in [-0.4, -0.2) is 31.6 Å². The van der Waals surface area contributed by atoms with E-state index in [1.54, 1.807) is 6.07 Å². The standard InChI is InChI=1S/C14H20FN3O/c1-2-19-11-5-7-18(8-6-11)13-4-3-10(15)9-12(13)14(16)17/h3-4,9,11H,2,5-8H2,1H3,(H3,16,17). The van der Waals surface area contributed by atoms with Crippen molar-refractivity contribution in [2.45, 2.75) is 25.9 Å². The van der Waals surface area contributed by atoms with Crippen LogP contribution >= 0.6 is 0 Å². The van der Waals surface area contributed by atoms with Crippen LogP contribution in [0.4, 0.5) is 10.1 Å². The third-order valence-corrected chi connectivity index (χ3v) is 3.43. The number of piperidine rings is 1. The molecule has 1 aliphatic heterocycles. The fourth-order valence-corrected chi connectivity index (χ4v) is 2.50. The van der Waals surface area contributed by atoms with Crippen LogP contribution in [0.1, 0.15) is 25.3 Å². The molecule has 2 rings (SSSR count). The molecule has 1 fully saturated rings. The molecule has 3 N–H and O–H groups in total. The fourth-order valence-electron chi connectivity index (χ4n) is 2.50. The number of hydrogen-bond acceptors (Lipinski definition) is 3. The second-order valence-corrected chi connectivity index (χ2v) is 4.72. The lowest BCUT2D eigenvalue weighted by Gasteiger charge is -2.34. The van der Waals surface area contributed by atoms with Crippen molar-refractivity contribution in [1.29, 1.82) is 5.41 Å². The molecule has 0 unspecified atom stereocenters. The van der Waals surface area contributed by atoms with Gasteiger partial charge in [-0.05, 0) is 38.0 Å². The first-order valence-corrected chi connectivity index (χ1v) is 6.62. The van der Waals surface area contributed by atoms with Crippen molar-refractivity contribution in [2.24, 2.45) is 5.73 Å². The molecule has 4 nitrogen and oxygen atoms in total. The largest absolute Gasteiger partial charge is 0.384 e. The maximum absolute atomic E-state index is 13.2. The molecule has 0 radical (unpaired) electrons. The maximum atomic E-state index is 13.2. The van der Waals surface area contributed by atoms with Gasteiger partial charge >= 0.3 is 0 Å². The minimum atomic E-state index is -0.363. The van der Waals surface area contributed by atoms with Crippen LogP contribution in [-0.2, 0) is 4.74 Å². The zero-order valence-electron chi connectivity index (χ0n) is 11.2. The van der Waals surface area contributed by atoms with Crippen molar-refractivity contribution >= 4 is 11.5 Å². The first-order valence-electron chi connectivity index (χ1n) is 6.62. The number of nitrogens with zero attached hydrogens (tertiary/aromatic N) is 1. The van der Waals surface area contributed by atoms with E-state index in [-0.39, 0.29) is 11.7 Å². The third kappa shape index (κ3) is 3.23. The molecule has 1 heterocycles. The van der Waals surface area contributed by atoms with Crippen molar-refractivity contribution in [2.75, 3.05) is 24.6 Å². The predicted octanol–water partition coefficient (Wildman–Crippen LogP) is 2.12. The Bertz CT molecular complexity index is 456. The Morgan fingerprint density at radius 1 is 1.47 bits per heavy atom. The smallest absolute Gasteiger partial charge is 0.125 e. The van der Waals surface area contributed by atoms with Gasteiger partial charge in [-0.25, -0.2) is 4.39 Å². The van der Waals surface area contributed by atoms with E-state index in [0.717, 1.165) is 38.2 Å². The monoisotopic (exact) mass is 265 g/mol. The number of anilines is 1. The Kier molecular flexibility index (Phi) is 4.37. The fraction of sp³-hybridized carbons (Fsp3) is 0.500. The molecule has 5 heteroatoms. The quantitative estimate of drug-likeness (QED) is 0.647. The van der Waals surface area contributed by atoms with Gasteiger partial charge in [0.05, 0.1) is 6.10 Å². The highest BCUT2D eigenvalue weighted by molar-refractivity contribution is 6.00. The van der Waals surface area contributed by atoms with E-state index in [4.69, 9.17) is 15.9 Å². The number of amidine groups is 1. The summed E-state index contributed by atoms with van der Waals surface area (Å²) >= 11 is 0. The Balaban J connectivity index is 2.13. The molecule has 0 aromatic heterocycles. The van der Waals surface area contributed by atoms with Crippen LogP contribution < -0.4 is 10.6 Å². The molecule has 0 bridgehead atoms. The molecule has 1 aliphatic rings. The summed E-state index contributed by atoms with van der Waals surface area (Å²) in [6.07, 6.45) is 2.20. The summed E-state index contributed by atoms with van der Waals surface area (Å²) < 4.78 is 18.9. The zero-order valence-corrected chi connectivity index (χ0v) is 11.2. The first-order chi connectivity index (χ1) is 9.11. The number of ether oxygens (including phenoxy) is 1. The average molecular weight is 265 g/mol. The van der Waals surface area contributed by atoms with Crippen molar-refractivity contribution < 1.29 is 9.13 Å². The molecular formula is C14H20FN3O. The van der Waals surface area contributed by atoms with Crippen LogP contribution in [0.15, 0.2) is 18.2 Å². The van der Waals surface area contributed by atoms with Gasteiger partial charge in [0.1, 0.15) is 11.7 Å². The van der Waals surface area contributed by atoms with Crippen LogP contribution in [0.25, 0.3) is 0 Å². The highest BCUT2D eigenvalue weighted by atomic mass is 19.1. The van der Waals surface area contributed by atoms with Crippen LogP contribution in [0, 0.1) is 11.2 Å². The van der Waals surface area contributed by atoms with E-state index in [1.165, 1.54) is 12.1 Å². The van der Waals surface area contributed by atoms with Gasteiger partial charge in [-0.1, -0.05) is 0 Å². The Morgan fingerprint density at radius 3 is 2.74 bits per heavy atom. The van der Waals surface area contributed by atoms with E-state index in [2.05, 4.69) is 4.90 Å². The predicted molar refractivity (Wildman–Crippen MR) is 74.3 cm³/mol. The normalized spacial score (nSPS) is 16.6. The van der Waals surface area contributed by atoms with Crippen molar-refractivity contribution in [3.8, 4) is 0 Å². The van der Waals surface area contributed by atoms with Gasteiger partial charge in [0.2, 0.25) is 0 Å². The Hall–Kier alpha value is -1.62. The van der Waals surface area contributed by atoms with Crippen LogP contribution in [0.3, 0.4) is 0 Å². The summed E-state index contributed by atoms with van der Waals surface area (Å²) in [6, 6.07) is 4.44. The molecule has 1 aromatic carbocycles. The molecule has 1 saturated heterocycles. The van der Waals surface area contributed by atoms with Crippen molar-refractivity contribution in [3.63, 3.8) is 0 Å². The van der Waals surface area contributed by atoms with E-state index in [0.29, 0.717) is 11.7 Å². The summed E-state index contributed by atoms with van der Waals surface area (Å²) in [6.45, 7) is 4.42. The summed E-state index contributed by atoms with van der Waals surface area (Å²) in [4.78, 5) is 2.14. The van der Waals surface area contributed by atoms with E-state index in [1.807, 2.05) is 6.92 Å². The SMILES string of the molecule is CCOC1CCN(c2ccc(F)cc2C(=N)N)CC1. The molecule has 0 saturated carbocycles. The summed E-state index contributed by atoms with van der Waals surface area (Å²) in [5.74, 6) is -0.459. The zero-order chi connectivity index (χ0) is 13.8. The number of nitrogen functional groups attached to an aromatic ring is 1. The minimum Gasteiger partial charge on any atom is -0.384 e. The van der Waals surface area contributed by atoms with Gasteiger partial charge in [0.25, 0.3) is 0 Å². The van der Waals surface area contributed by atoms with Gasteiger partial charge in [0.15, 0.2) is 0 Å². The van der Waals surface area contributed by atoms with Crippen molar-refractivity contribution in [3.05, 3.63) is 29.6 Å². The van der Waals surface area contributed by atoms with Crippen LogP contribution in [0.2, 0.25) is 0 Å². The van der Waals surface area contributed by atoms with Gasteiger partial charge in [-0.3, -0.25) is 5.41 Å². The molecule has 0 spiro atoms. The molecule has 0 amide bonds. The number of hydrogen-bond donors (Lipinski definition) is 2. The van der Waals surface area contributed by atoms with Gasteiger partial charge in [-0.15, -0.1) is 0 Å². The van der Waals surface area contributed by atoms with Gasteiger partial charge < -0.3 is 15.4 Å². The third-order valence-electron chi connectivity index (χ3n) is 3.43. The first kappa shape index (κ1) is 13.8. The second kappa shape index (κ2) is 6.02. The topological polar surface area (TPSA) is 62.3 Å². The molecule has 0 aliphatic carbocycles. The van der Waals surface area contributed by atoms with Gasteiger partial charge in [0, 0.05) is 30.9 Å². The number of nitrogens with two attached hydrogens (primary N) is 1. The number of rotatable bonds is 4. The number of benzene rings is 1. The molecule has 104 valence electrons. The second-order valence-electron chi connectivity index (χ2n) is 4.72. The maximum Gasteiger partial charge on any atom is 0.125 e. The Morgan fingerprint density at radius 2 is 2.16 bits per heavy atom. The Labute approximate surface area is 112 Å². The van der Waals surface area contributed by atoms with E-state index < -0.39 is 0 Å². The minimum absolute atomic E-state index is 0.0959. The molecule has 0 atom stereocenters. The van der Waals surface area contributed by atoms with Gasteiger partial charge in [-0.2, -0.15) is 0 Å². The van der Waals surface area contributed by atoms with E-state index in [9.17, 15) is 4.39 Å². The summed E-state index contributed by atoms with van der Waals surface area (Å²) in [5.41, 5.74) is 6.83. The van der Waals surface area contributed by atoms with E-state index >= 15 is 0 Å². The highest BCUT2D eigenvalue weighted by Crippen LogP contribution is 2.25. The molecule has 1 aromatic rings. The number of halogens is 1. The number of nitrogens with one attached hydrogen (secondary N) is 1. The van der Waals surface area contributed by atoms with Crippen LogP contribution in [0.5, 0.6) is 0 Å². The highest BCUT2D eigenvalue weighted by Gasteiger charge is 2.22. The summed E-state index contributed by atoms with van der Waals surface area (Å²) in [7, 11) is 0. The lowest BCUT2D eigenvalue weighted by atomic mass is 10.0. The summed E-state index contributed by atoms with van der Waals surface area (Å²) in [5, 5.41) is 7.56. The molecule has 19 heavy (non-hydrogen) atoms.